The van der Waals surface area contributed by atoms with Crippen molar-refractivity contribution in [2.45, 2.75) is 58.1 Å². The quantitative estimate of drug-likeness (QED) is 0.406. The summed E-state index contributed by atoms with van der Waals surface area (Å²) in [7, 11) is 2.52. The van der Waals surface area contributed by atoms with E-state index in [0.717, 1.165) is 25.5 Å². The SMILES string of the molecule is CCCCCCOC(C)CC[Si](OC)(OC)OC. The standard InChI is InChI=1S/C13H30O4Si/c1-6-7-8-9-11-17-13(2)10-12-18(14-3,15-4)16-5/h13H,6-12H2,1-5H3. The summed E-state index contributed by atoms with van der Waals surface area (Å²) in [5, 5.41) is 0. The minimum absolute atomic E-state index is 0.235. The second kappa shape index (κ2) is 10.9. The van der Waals surface area contributed by atoms with Crippen molar-refractivity contribution in [3.05, 3.63) is 0 Å². The van der Waals surface area contributed by atoms with Crippen LogP contribution in [0.5, 0.6) is 0 Å². The third kappa shape index (κ3) is 7.48. The lowest BCUT2D eigenvalue weighted by atomic mass is 10.2. The minimum Gasteiger partial charge on any atom is -0.379 e. The van der Waals surface area contributed by atoms with Gasteiger partial charge in [-0.05, 0) is 19.8 Å². The van der Waals surface area contributed by atoms with E-state index >= 15 is 0 Å². The summed E-state index contributed by atoms with van der Waals surface area (Å²) < 4.78 is 21.9. The molecule has 0 heterocycles. The predicted molar refractivity (Wildman–Crippen MR) is 75.8 cm³/mol. The third-order valence-electron chi connectivity index (χ3n) is 3.19. The van der Waals surface area contributed by atoms with Gasteiger partial charge in [-0.2, -0.15) is 0 Å². The van der Waals surface area contributed by atoms with Crippen LogP contribution in [0, 0.1) is 0 Å². The van der Waals surface area contributed by atoms with Crippen LogP contribution in [0.15, 0.2) is 0 Å². The third-order valence-corrected chi connectivity index (χ3v) is 5.96. The molecule has 0 aromatic carbocycles. The minimum atomic E-state index is -2.42. The van der Waals surface area contributed by atoms with Gasteiger partial charge in [-0.1, -0.05) is 26.2 Å². The van der Waals surface area contributed by atoms with Gasteiger partial charge in [0.05, 0.1) is 6.10 Å². The van der Waals surface area contributed by atoms with Gasteiger partial charge in [-0.15, -0.1) is 0 Å². The fourth-order valence-corrected chi connectivity index (χ4v) is 3.71. The molecule has 5 heteroatoms. The molecule has 0 saturated heterocycles. The van der Waals surface area contributed by atoms with Crippen molar-refractivity contribution in [1.82, 2.24) is 0 Å². The molecule has 0 amide bonds. The van der Waals surface area contributed by atoms with Gasteiger partial charge in [0, 0.05) is 34.0 Å². The molecule has 0 aromatic heterocycles. The Morgan fingerprint density at radius 1 is 0.944 bits per heavy atom. The van der Waals surface area contributed by atoms with E-state index in [-0.39, 0.29) is 6.10 Å². The van der Waals surface area contributed by atoms with E-state index in [1.807, 2.05) is 0 Å². The number of hydrogen-bond donors (Lipinski definition) is 0. The first-order valence-corrected chi connectivity index (χ1v) is 8.84. The van der Waals surface area contributed by atoms with E-state index in [0.29, 0.717) is 0 Å². The molecule has 4 nitrogen and oxygen atoms in total. The summed E-state index contributed by atoms with van der Waals surface area (Å²) in [5.41, 5.74) is 0. The summed E-state index contributed by atoms with van der Waals surface area (Å²) in [4.78, 5) is 0. The van der Waals surface area contributed by atoms with Crippen molar-refractivity contribution in [3.63, 3.8) is 0 Å². The average molecular weight is 278 g/mol. The first-order chi connectivity index (χ1) is 8.64. The number of ether oxygens (including phenoxy) is 1. The van der Waals surface area contributed by atoms with Gasteiger partial charge in [0.15, 0.2) is 0 Å². The van der Waals surface area contributed by atoms with E-state index in [4.69, 9.17) is 18.0 Å². The molecule has 18 heavy (non-hydrogen) atoms. The maximum atomic E-state index is 5.77. The van der Waals surface area contributed by atoms with Crippen LogP contribution in [0.3, 0.4) is 0 Å². The van der Waals surface area contributed by atoms with Gasteiger partial charge in [-0.25, -0.2) is 0 Å². The molecule has 1 atom stereocenters. The van der Waals surface area contributed by atoms with E-state index in [9.17, 15) is 0 Å². The number of rotatable bonds is 12. The molecule has 110 valence electrons. The number of hydrogen-bond acceptors (Lipinski definition) is 4. The first-order valence-electron chi connectivity index (χ1n) is 6.91. The highest BCUT2D eigenvalue weighted by Crippen LogP contribution is 2.17. The zero-order valence-electron chi connectivity index (χ0n) is 12.7. The molecule has 0 radical (unpaired) electrons. The molecule has 0 aliphatic carbocycles. The Hall–Kier alpha value is 0.0569. The lowest BCUT2D eigenvalue weighted by Crippen LogP contribution is -2.43. The van der Waals surface area contributed by atoms with Crippen LogP contribution in [-0.4, -0.2) is 42.8 Å². The van der Waals surface area contributed by atoms with Crippen LogP contribution in [0.25, 0.3) is 0 Å². The molecule has 0 rings (SSSR count). The van der Waals surface area contributed by atoms with Crippen LogP contribution in [-0.2, 0) is 18.0 Å². The van der Waals surface area contributed by atoms with Crippen molar-refractivity contribution in [1.29, 1.82) is 0 Å². The molecule has 0 N–H and O–H groups in total. The highest BCUT2D eigenvalue weighted by Gasteiger charge is 2.37. The van der Waals surface area contributed by atoms with Gasteiger partial charge in [0.2, 0.25) is 0 Å². The Balaban J connectivity index is 3.71. The second-order valence-electron chi connectivity index (χ2n) is 4.58. The normalized spacial score (nSPS) is 13.8. The van der Waals surface area contributed by atoms with E-state index in [2.05, 4.69) is 13.8 Å². The lowest BCUT2D eigenvalue weighted by molar-refractivity contribution is 0.0534. The van der Waals surface area contributed by atoms with Crippen molar-refractivity contribution >= 4 is 8.80 Å². The van der Waals surface area contributed by atoms with Gasteiger partial charge in [0.25, 0.3) is 0 Å². The molecule has 0 bridgehead atoms. The Bertz CT molecular complexity index is 178. The summed E-state index contributed by atoms with van der Waals surface area (Å²) in [6.45, 7) is 5.16. The Labute approximate surface area is 113 Å². The van der Waals surface area contributed by atoms with Gasteiger partial charge < -0.3 is 18.0 Å². The van der Waals surface area contributed by atoms with Crippen molar-refractivity contribution in [2.24, 2.45) is 0 Å². The summed E-state index contributed by atoms with van der Waals surface area (Å²) in [6, 6.07) is 0.798. The van der Waals surface area contributed by atoms with Crippen LogP contribution >= 0.6 is 0 Å². The molecule has 0 spiro atoms. The average Bonchev–Trinajstić information content (AvgIpc) is 2.41. The smallest absolute Gasteiger partial charge is 0.379 e. The molecule has 0 aliphatic rings. The maximum Gasteiger partial charge on any atom is 0.500 e. The fourth-order valence-electron chi connectivity index (χ4n) is 1.83. The van der Waals surface area contributed by atoms with Gasteiger partial charge >= 0.3 is 8.80 Å². The van der Waals surface area contributed by atoms with Gasteiger partial charge in [0.1, 0.15) is 0 Å². The van der Waals surface area contributed by atoms with Crippen molar-refractivity contribution in [2.75, 3.05) is 27.9 Å². The van der Waals surface area contributed by atoms with Gasteiger partial charge in [-0.3, -0.25) is 0 Å². The Kier molecular flexibility index (Phi) is 11.0. The van der Waals surface area contributed by atoms with Crippen LogP contribution < -0.4 is 0 Å². The molecule has 0 fully saturated rings. The highest BCUT2D eigenvalue weighted by atomic mass is 28.4. The topological polar surface area (TPSA) is 36.9 Å². The predicted octanol–water partition coefficient (Wildman–Crippen LogP) is 3.24. The highest BCUT2D eigenvalue weighted by molar-refractivity contribution is 6.60. The van der Waals surface area contributed by atoms with E-state index in [1.165, 1.54) is 19.3 Å². The summed E-state index contributed by atoms with van der Waals surface area (Å²) in [5.74, 6) is 0. The van der Waals surface area contributed by atoms with Crippen LogP contribution in [0.2, 0.25) is 6.04 Å². The zero-order chi connectivity index (χ0) is 13.9. The maximum absolute atomic E-state index is 5.77. The summed E-state index contributed by atoms with van der Waals surface area (Å²) in [6.07, 6.45) is 6.12. The molecule has 0 aromatic rings. The molecule has 1 unspecified atom stereocenters. The van der Waals surface area contributed by atoms with Crippen molar-refractivity contribution < 1.29 is 18.0 Å². The van der Waals surface area contributed by atoms with E-state index in [1.54, 1.807) is 21.3 Å². The molecule has 0 saturated carbocycles. The van der Waals surface area contributed by atoms with Crippen LogP contribution in [0.4, 0.5) is 0 Å². The number of unbranched alkanes of at least 4 members (excludes halogenated alkanes) is 3. The Morgan fingerprint density at radius 2 is 1.56 bits per heavy atom. The molecule has 0 aliphatic heterocycles. The largest absolute Gasteiger partial charge is 0.500 e. The second-order valence-corrected chi connectivity index (χ2v) is 7.67. The van der Waals surface area contributed by atoms with E-state index < -0.39 is 8.80 Å². The van der Waals surface area contributed by atoms with Crippen LogP contribution in [0.1, 0.15) is 46.0 Å². The first kappa shape index (κ1) is 18.1. The van der Waals surface area contributed by atoms with Crippen molar-refractivity contribution in [3.8, 4) is 0 Å². The lowest BCUT2D eigenvalue weighted by Gasteiger charge is -2.25. The Morgan fingerprint density at radius 3 is 2.06 bits per heavy atom. The zero-order valence-corrected chi connectivity index (χ0v) is 13.7. The molecular formula is C13H30O4Si. The fraction of sp³-hybridized carbons (Fsp3) is 1.00. The molecular weight excluding hydrogens is 248 g/mol. The summed E-state index contributed by atoms with van der Waals surface area (Å²) >= 11 is 0. The monoisotopic (exact) mass is 278 g/mol.